The van der Waals surface area contributed by atoms with E-state index in [2.05, 4.69) is 20.9 Å². The first-order valence-electron chi connectivity index (χ1n) is 6.00. The Labute approximate surface area is 146 Å². The third-order valence-corrected chi connectivity index (χ3v) is 3.58. The summed E-state index contributed by atoms with van der Waals surface area (Å²) in [5.41, 5.74) is 5.85. The van der Waals surface area contributed by atoms with E-state index < -0.39 is 16.0 Å². The maximum Gasteiger partial charge on any atom is 0.287 e. The molecular formula is C14H12BrClN2O4S. The number of pyridine rings is 1. The van der Waals surface area contributed by atoms with E-state index in [-0.39, 0.29) is 0 Å². The zero-order valence-electron chi connectivity index (χ0n) is 11.6. The fourth-order valence-corrected chi connectivity index (χ4v) is 2.40. The van der Waals surface area contributed by atoms with Gasteiger partial charge in [0.25, 0.3) is 10.1 Å². The van der Waals surface area contributed by atoms with Crippen molar-refractivity contribution in [2.24, 2.45) is 5.73 Å². The lowest BCUT2D eigenvalue weighted by atomic mass is 10.2. The Kier molecular flexibility index (Phi) is 7.37. The molecule has 0 fully saturated rings. The maximum absolute atomic E-state index is 10.7. The summed E-state index contributed by atoms with van der Waals surface area (Å²) in [4.78, 5) is 14.5. The summed E-state index contributed by atoms with van der Waals surface area (Å²) in [7, 11) is -4.04. The SMILES string of the molecule is NC(=O)c1ccc(Br)cc1Cl.O=S(=O)(O)/C=C/c1ccccn1. The van der Waals surface area contributed by atoms with Crippen molar-refractivity contribution in [1.82, 2.24) is 4.98 Å². The first kappa shape index (κ1) is 19.3. The van der Waals surface area contributed by atoms with Crippen molar-refractivity contribution in [3.05, 3.63) is 68.8 Å². The summed E-state index contributed by atoms with van der Waals surface area (Å²) in [6.45, 7) is 0. The van der Waals surface area contributed by atoms with Crippen LogP contribution in [0.5, 0.6) is 0 Å². The molecule has 3 N–H and O–H groups in total. The largest absolute Gasteiger partial charge is 0.366 e. The number of nitrogens with zero attached hydrogens (tertiary/aromatic N) is 1. The molecule has 0 aliphatic rings. The van der Waals surface area contributed by atoms with Gasteiger partial charge in [-0.05, 0) is 36.4 Å². The van der Waals surface area contributed by atoms with Gasteiger partial charge in [-0.1, -0.05) is 33.6 Å². The van der Waals surface area contributed by atoms with E-state index in [1.54, 1.807) is 36.4 Å². The molecule has 2 aromatic rings. The number of halogens is 2. The Morgan fingerprint density at radius 3 is 2.48 bits per heavy atom. The van der Waals surface area contributed by atoms with Crippen molar-refractivity contribution in [1.29, 1.82) is 0 Å². The van der Waals surface area contributed by atoms with Crippen LogP contribution in [0, 0.1) is 0 Å². The van der Waals surface area contributed by atoms with Gasteiger partial charge in [-0.2, -0.15) is 8.42 Å². The molecule has 9 heteroatoms. The molecule has 0 atom stereocenters. The van der Waals surface area contributed by atoms with E-state index in [9.17, 15) is 13.2 Å². The Bertz CT molecular complexity index is 811. The molecule has 1 aromatic heterocycles. The molecule has 0 aliphatic heterocycles. The van der Waals surface area contributed by atoms with Crippen LogP contribution >= 0.6 is 27.5 Å². The number of aromatic nitrogens is 1. The van der Waals surface area contributed by atoms with Crippen molar-refractivity contribution < 1.29 is 17.8 Å². The highest BCUT2D eigenvalue weighted by atomic mass is 79.9. The first-order valence-corrected chi connectivity index (χ1v) is 8.68. The summed E-state index contributed by atoms with van der Waals surface area (Å²) >= 11 is 8.90. The highest BCUT2D eigenvalue weighted by Gasteiger charge is 2.05. The van der Waals surface area contributed by atoms with Gasteiger partial charge in [0.1, 0.15) is 0 Å². The number of primary amides is 1. The Hall–Kier alpha value is -1.74. The van der Waals surface area contributed by atoms with E-state index in [1.807, 2.05) is 0 Å². The quantitative estimate of drug-likeness (QED) is 0.743. The van der Waals surface area contributed by atoms with Crippen LogP contribution in [0.2, 0.25) is 5.02 Å². The normalized spacial score (nSPS) is 10.9. The Morgan fingerprint density at radius 1 is 1.30 bits per heavy atom. The molecule has 2 rings (SSSR count). The van der Waals surface area contributed by atoms with Crippen molar-refractivity contribution in [2.45, 2.75) is 0 Å². The number of hydrogen-bond acceptors (Lipinski definition) is 4. The van der Waals surface area contributed by atoms with Crippen molar-refractivity contribution >= 4 is 49.6 Å². The third kappa shape index (κ3) is 7.89. The van der Waals surface area contributed by atoms with Crippen LogP contribution in [-0.2, 0) is 10.1 Å². The second kappa shape index (κ2) is 8.78. The number of rotatable bonds is 3. The molecular weight excluding hydrogens is 408 g/mol. The summed E-state index contributed by atoms with van der Waals surface area (Å²) < 4.78 is 29.7. The van der Waals surface area contributed by atoms with Crippen LogP contribution in [0.4, 0.5) is 0 Å². The van der Waals surface area contributed by atoms with Crippen LogP contribution in [-0.4, -0.2) is 23.9 Å². The minimum Gasteiger partial charge on any atom is -0.366 e. The highest BCUT2D eigenvalue weighted by Crippen LogP contribution is 2.20. The molecule has 0 radical (unpaired) electrons. The summed E-state index contributed by atoms with van der Waals surface area (Å²) in [5, 5.41) is 1.06. The molecule has 6 nitrogen and oxygen atoms in total. The van der Waals surface area contributed by atoms with Crippen LogP contribution < -0.4 is 5.73 Å². The molecule has 0 aliphatic carbocycles. The van der Waals surface area contributed by atoms with Gasteiger partial charge in [0.2, 0.25) is 5.91 Å². The van der Waals surface area contributed by atoms with Crippen LogP contribution in [0.3, 0.4) is 0 Å². The molecule has 0 bridgehead atoms. The number of amides is 1. The summed E-state index contributed by atoms with van der Waals surface area (Å²) in [6.07, 6.45) is 2.75. The number of benzene rings is 1. The first-order chi connectivity index (χ1) is 10.7. The number of hydrogen-bond donors (Lipinski definition) is 2. The minimum absolute atomic E-state index is 0.342. The lowest BCUT2D eigenvalue weighted by Gasteiger charge is -1.98. The summed E-state index contributed by atoms with van der Waals surface area (Å²) in [5.74, 6) is -0.512. The molecule has 1 aromatic carbocycles. The molecule has 1 amide bonds. The highest BCUT2D eigenvalue weighted by molar-refractivity contribution is 9.10. The van der Waals surface area contributed by atoms with Crippen molar-refractivity contribution in [3.8, 4) is 0 Å². The summed E-state index contributed by atoms with van der Waals surface area (Å²) in [6, 6.07) is 9.98. The van der Waals surface area contributed by atoms with Gasteiger partial charge in [0, 0.05) is 10.7 Å². The van der Waals surface area contributed by atoms with Gasteiger partial charge in [-0.3, -0.25) is 14.3 Å². The number of carbonyl (C=O) groups is 1. The smallest absolute Gasteiger partial charge is 0.287 e. The van der Waals surface area contributed by atoms with Crippen LogP contribution in [0.25, 0.3) is 6.08 Å². The molecule has 0 unspecified atom stereocenters. The second-order valence-electron chi connectivity index (χ2n) is 4.06. The van der Waals surface area contributed by atoms with Gasteiger partial charge in [0.15, 0.2) is 0 Å². The monoisotopic (exact) mass is 418 g/mol. The average molecular weight is 420 g/mol. The fraction of sp³-hybridized carbons (Fsp3) is 0. The van der Waals surface area contributed by atoms with E-state index in [0.717, 1.165) is 4.47 Å². The molecule has 23 heavy (non-hydrogen) atoms. The van der Waals surface area contributed by atoms with Gasteiger partial charge in [-0.25, -0.2) is 0 Å². The zero-order valence-corrected chi connectivity index (χ0v) is 14.7. The number of nitrogens with two attached hydrogens (primary N) is 1. The molecule has 0 saturated heterocycles. The predicted molar refractivity (Wildman–Crippen MR) is 92.5 cm³/mol. The standard InChI is InChI=1S/C7H5BrClNO.C7H7NO3S/c8-4-1-2-5(7(10)11)6(9)3-4;9-12(10,11)6-4-7-3-1-2-5-8-7/h1-3H,(H2,10,11);1-6H,(H,9,10,11)/b;6-4+. The molecule has 0 saturated carbocycles. The molecule has 122 valence electrons. The molecule has 1 heterocycles. The molecule has 0 spiro atoms. The average Bonchev–Trinajstić information content (AvgIpc) is 2.46. The second-order valence-corrected chi connectivity index (χ2v) is 6.69. The van der Waals surface area contributed by atoms with E-state index in [0.29, 0.717) is 21.7 Å². The fourth-order valence-electron chi connectivity index (χ4n) is 1.32. The Morgan fingerprint density at radius 2 is 2.00 bits per heavy atom. The van der Waals surface area contributed by atoms with E-state index >= 15 is 0 Å². The van der Waals surface area contributed by atoms with Crippen molar-refractivity contribution in [3.63, 3.8) is 0 Å². The lowest BCUT2D eigenvalue weighted by molar-refractivity contribution is 0.100. The third-order valence-electron chi connectivity index (χ3n) is 2.30. The van der Waals surface area contributed by atoms with Gasteiger partial charge >= 0.3 is 0 Å². The topological polar surface area (TPSA) is 110 Å². The lowest BCUT2D eigenvalue weighted by Crippen LogP contribution is -2.11. The van der Waals surface area contributed by atoms with Crippen molar-refractivity contribution in [2.75, 3.05) is 0 Å². The van der Waals surface area contributed by atoms with Gasteiger partial charge in [-0.15, -0.1) is 0 Å². The van der Waals surface area contributed by atoms with Gasteiger partial charge < -0.3 is 5.73 Å². The maximum atomic E-state index is 10.7. The van der Waals surface area contributed by atoms with Gasteiger partial charge in [0.05, 0.1) is 21.7 Å². The minimum atomic E-state index is -4.04. The van der Waals surface area contributed by atoms with Crippen LogP contribution in [0.15, 0.2) is 52.5 Å². The number of carbonyl (C=O) groups excluding carboxylic acids is 1. The zero-order chi connectivity index (χ0) is 17.5. The van der Waals surface area contributed by atoms with E-state index in [4.69, 9.17) is 21.9 Å². The van der Waals surface area contributed by atoms with E-state index in [1.165, 1.54) is 12.3 Å². The predicted octanol–water partition coefficient (Wildman–Crippen LogP) is 3.14. The van der Waals surface area contributed by atoms with Crippen LogP contribution in [0.1, 0.15) is 16.1 Å². The Balaban J connectivity index is 0.000000231.